The molecule has 21 heavy (non-hydrogen) atoms. The molecule has 2 N–H and O–H groups in total. The van der Waals surface area contributed by atoms with Gasteiger partial charge >= 0.3 is 0 Å². The first-order valence-electron chi connectivity index (χ1n) is 7.91. The van der Waals surface area contributed by atoms with E-state index in [1.54, 1.807) is 12.1 Å². The van der Waals surface area contributed by atoms with Crippen LogP contribution in [0.4, 0.5) is 0 Å². The number of quaternary nitrogens is 1. The number of hydrogen-bond donors (Lipinski definition) is 2. The number of aliphatic hydroxyl groups is 1. The van der Waals surface area contributed by atoms with E-state index in [1.807, 2.05) is 12.1 Å². The van der Waals surface area contributed by atoms with Gasteiger partial charge in [-0.1, -0.05) is 12.1 Å². The van der Waals surface area contributed by atoms with Gasteiger partial charge in [-0.15, -0.1) is 0 Å². The SMILES string of the molecule is CC(=O)c1ccccc1OC[C@@H](O)C[NH+]1CCCCCC1. The zero-order valence-electron chi connectivity index (χ0n) is 12.8. The Balaban J connectivity index is 1.83. The number of ether oxygens (including phenoxy) is 1. The molecule has 2 rings (SSSR count). The van der Waals surface area contributed by atoms with Crippen molar-refractivity contribution in [2.45, 2.75) is 38.7 Å². The second-order valence-corrected chi connectivity index (χ2v) is 5.89. The first-order chi connectivity index (χ1) is 10.2. The highest BCUT2D eigenvalue weighted by atomic mass is 16.5. The Labute approximate surface area is 126 Å². The molecule has 0 aromatic heterocycles. The third kappa shape index (κ3) is 5.14. The summed E-state index contributed by atoms with van der Waals surface area (Å²) in [4.78, 5) is 13.0. The molecule has 1 heterocycles. The van der Waals surface area contributed by atoms with Crippen LogP contribution in [0.2, 0.25) is 0 Å². The largest absolute Gasteiger partial charge is 0.490 e. The van der Waals surface area contributed by atoms with Gasteiger partial charge in [-0.25, -0.2) is 0 Å². The lowest BCUT2D eigenvalue weighted by molar-refractivity contribution is -0.902. The Bertz CT molecular complexity index is 453. The first kappa shape index (κ1) is 16.0. The van der Waals surface area contributed by atoms with Crippen LogP contribution in [0.3, 0.4) is 0 Å². The molecule has 116 valence electrons. The highest BCUT2D eigenvalue weighted by Crippen LogP contribution is 2.18. The topological polar surface area (TPSA) is 51.0 Å². The standard InChI is InChI=1S/C17H25NO3/c1-14(19)16-8-4-5-9-17(16)21-13-15(20)12-18-10-6-2-3-7-11-18/h4-5,8-9,15,20H,2-3,6-7,10-13H2,1H3/p+1/t15-/m0/s1. The van der Waals surface area contributed by atoms with Crippen molar-refractivity contribution in [1.29, 1.82) is 0 Å². The van der Waals surface area contributed by atoms with Gasteiger partial charge in [0.1, 0.15) is 25.0 Å². The molecule has 0 bridgehead atoms. The number of hydrogen-bond acceptors (Lipinski definition) is 3. The molecule has 0 amide bonds. The fourth-order valence-electron chi connectivity index (χ4n) is 2.89. The molecule has 1 aromatic rings. The highest BCUT2D eigenvalue weighted by molar-refractivity contribution is 5.96. The monoisotopic (exact) mass is 292 g/mol. The van der Waals surface area contributed by atoms with Gasteiger partial charge in [0, 0.05) is 0 Å². The summed E-state index contributed by atoms with van der Waals surface area (Å²) < 4.78 is 5.65. The molecule has 0 saturated carbocycles. The van der Waals surface area contributed by atoms with Gasteiger partial charge < -0.3 is 14.7 Å². The number of ketones is 1. The van der Waals surface area contributed by atoms with Crippen LogP contribution in [0.5, 0.6) is 5.75 Å². The molecule has 1 aromatic carbocycles. The van der Waals surface area contributed by atoms with E-state index in [0.717, 1.165) is 19.6 Å². The van der Waals surface area contributed by atoms with E-state index in [9.17, 15) is 9.90 Å². The smallest absolute Gasteiger partial charge is 0.163 e. The minimum atomic E-state index is -0.488. The maximum absolute atomic E-state index is 11.5. The summed E-state index contributed by atoms with van der Waals surface area (Å²) in [6.45, 7) is 4.78. The number of likely N-dealkylation sites (tertiary alicyclic amines) is 1. The van der Waals surface area contributed by atoms with Gasteiger partial charge in [-0.3, -0.25) is 4.79 Å². The fraction of sp³-hybridized carbons (Fsp3) is 0.588. The Hall–Kier alpha value is -1.39. The van der Waals surface area contributed by atoms with Crippen LogP contribution in [-0.2, 0) is 0 Å². The van der Waals surface area contributed by atoms with Crippen molar-refractivity contribution in [2.75, 3.05) is 26.2 Å². The predicted molar refractivity (Wildman–Crippen MR) is 82.0 cm³/mol. The number of Topliss-reactive ketones (excluding diaryl/α,β-unsaturated/α-hetero) is 1. The third-order valence-corrected chi connectivity index (χ3v) is 4.03. The van der Waals surface area contributed by atoms with Gasteiger partial charge in [0.25, 0.3) is 0 Å². The maximum Gasteiger partial charge on any atom is 0.163 e. The van der Waals surface area contributed by atoms with Crippen LogP contribution >= 0.6 is 0 Å². The molecule has 0 radical (unpaired) electrons. The maximum atomic E-state index is 11.5. The van der Waals surface area contributed by atoms with E-state index < -0.39 is 6.10 Å². The summed E-state index contributed by atoms with van der Waals surface area (Å²) in [5.74, 6) is 0.549. The highest BCUT2D eigenvalue weighted by Gasteiger charge is 2.18. The number of benzene rings is 1. The summed E-state index contributed by atoms with van der Waals surface area (Å²) in [5.41, 5.74) is 0.576. The van der Waals surface area contributed by atoms with E-state index in [1.165, 1.54) is 37.5 Å². The minimum Gasteiger partial charge on any atom is -0.490 e. The predicted octanol–water partition coefficient (Wildman–Crippen LogP) is 1.09. The van der Waals surface area contributed by atoms with Gasteiger partial charge in [0.05, 0.1) is 18.7 Å². The van der Waals surface area contributed by atoms with Crippen LogP contribution in [0.15, 0.2) is 24.3 Å². The summed E-state index contributed by atoms with van der Waals surface area (Å²) in [7, 11) is 0. The molecule has 1 aliphatic heterocycles. The number of carbonyl (C=O) groups is 1. The summed E-state index contributed by atoms with van der Waals surface area (Å²) >= 11 is 0. The van der Waals surface area contributed by atoms with E-state index in [4.69, 9.17) is 4.74 Å². The van der Waals surface area contributed by atoms with Crippen molar-refractivity contribution in [3.05, 3.63) is 29.8 Å². The summed E-state index contributed by atoms with van der Waals surface area (Å²) in [5, 5.41) is 10.2. The molecule has 0 spiro atoms. The fourth-order valence-corrected chi connectivity index (χ4v) is 2.89. The molecular formula is C17H26NO3+. The van der Waals surface area contributed by atoms with Crippen LogP contribution < -0.4 is 9.64 Å². The van der Waals surface area contributed by atoms with E-state index in [-0.39, 0.29) is 12.4 Å². The van der Waals surface area contributed by atoms with Gasteiger partial charge in [-0.05, 0) is 44.7 Å². The average molecular weight is 292 g/mol. The Kier molecular flexibility index (Phi) is 6.21. The number of carbonyl (C=O) groups excluding carboxylic acids is 1. The first-order valence-corrected chi connectivity index (χ1v) is 7.91. The molecule has 4 nitrogen and oxygen atoms in total. The van der Waals surface area contributed by atoms with Crippen LogP contribution in [0, 0.1) is 0 Å². The van der Waals surface area contributed by atoms with E-state index >= 15 is 0 Å². The molecule has 0 aliphatic carbocycles. The molecule has 1 saturated heterocycles. The molecule has 1 atom stereocenters. The van der Waals surface area contributed by atoms with Gasteiger partial charge in [-0.2, -0.15) is 0 Å². The summed E-state index contributed by atoms with van der Waals surface area (Å²) in [6.07, 6.45) is 4.62. The van der Waals surface area contributed by atoms with Crippen molar-refractivity contribution in [1.82, 2.24) is 0 Å². The number of para-hydroxylation sites is 1. The molecule has 1 aliphatic rings. The van der Waals surface area contributed by atoms with Gasteiger partial charge in [0.2, 0.25) is 0 Å². The minimum absolute atomic E-state index is 0.0155. The second-order valence-electron chi connectivity index (χ2n) is 5.89. The van der Waals surface area contributed by atoms with Crippen molar-refractivity contribution >= 4 is 5.78 Å². The van der Waals surface area contributed by atoms with Crippen molar-refractivity contribution in [3.63, 3.8) is 0 Å². The Morgan fingerprint density at radius 1 is 1.24 bits per heavy atom. The quantitative estimate of drug-likeness (QED) is 0.772. The van der Waals surface area contributed by atoms with Crippen molar-refractivity contribution < 1.29 is 19.5 Å². The molecule has 1 fully saturated rings. The Morgan fingerprint density at radius 3 is 2.57 bits per heavy atom. The lowest BCUT2D eigenvalue weighted by Gasteiger charge is -2.21. The zero-order valence-corrected chi connectivity index (χ0v) is 12.8. The van der Waals surface area contributed by atoms with Gasteiger partial charge in [0.15, 0.2) is 5.78 Å². The Morgan fingerprint density at radius 2 is 1.90 bits per heavy atom. The zero-order chi connectivity index (χ0) is 15.1. The van der Waals surface area contributed by atoms with Crippen molar-refractivity contribution in [3.8, 4) is 5.75 Å². The lowest BCUT2D eigenvalue weighted by Crippen LogP contribution is -3.13. The molecule has 0 unspecified atom stereocenters. The van der Waals surface area contributed by atoms with Crippen LogP contribution in [0.25, 0.3) is 0 Å². The number of rotatable bonds is 6. The second kappa shape index (κ2) is 8.15. The molecule has 4 heteroatoms. The van der Waals surface area contributed by atoms with Crippen LogP contribution in [-0.4, -0.2) is 43.2 Å². The average Bonchev–Trinajstić information content (AvgIpc) is 2.74. The number of nitrogens with one attached hydrogen (secondary N) is 1. The third-order valence-electron chi connectivity index (χ3n) is 4.03. The van der Waals surface area contributed by atoms with Crippen LogP contribution in [0.1, 0.15) is 43.0 Å². The molecular weight excluding hydrogens is 266 g/mol. The number of aliphatic hydroxyl groups excluding tert-OH is 1. The van der Waals surface area contributed by atoms with E-state index in [2.05, 4.69) is 0 Å². The van der Waals surface area contributed by atoms with Crippen molar-refractivity contribution in [2.24, 2.45) is 0 Å². The lowest BCUT2D eigenvalue weighted by atomic mass is 10.1. The normalized spacial score (nSPS) is 18.0. The van der Waals surface area contributed by atoms with E-state index in [0.29, 0.717) is 11.3 Å². The summed E-state index contributed by atoms with van der Waals surface area (Å²) in [6, 6.07) is 7.20.